The number of pyridine rings is 1. The van der Waals surface area contributed by atoms with E-state index in [4.69, 9.17) is 9.72 Å². The van der Waals surface area contributed by atoms with E-state index in [-0.39, 0.29) is 10.8 Å². The smallest absolute Gasteiger partial charge is 0.128 e. The van der Waals surface area contributed by atoms with Gasteiger partial charge in [-0.3, -0.25) is 0 Å². The zero-order valence-corrected chi connectivity index (χ0v) is 22.4. The molecule has 0 aliphatic carbocycles. The number of aromatic nitrogens is 1. The van der Waals surface area contributed by atoms with Gasteiger partial charge in [0.25, 0.3) is 0 Å². The van der Waals surface area contributed by atoms with E-state index in [0.717, 1.165) is 33.8 Å². The molecule has 1 heterocycles. The first-order valence-electron chi connectivity index (χ1n) is 12.3. The van der Waals surface area contributed by atoms with Gasteiger partial charge in [-0.1, -0.05) is 95.6 Å². The van der Waals surface area contributed by atoms with Crippen LogP contribution in [0.4, 0.5) is 0 Å². The second-order valence-electron chi connectivity index (χ2n) is 11.5. The van der Waals surface area contributed by atoms with Gasteiger partial charge in [-0.05, 0) is 70.3 Å². The third kappa shape index (κ3) is 5.48. The molecule has 0 spiro atoms. The lowest BCUT2D eigenvalue weighted by atomic mass is 9.79. The van der Waals surface area contributed by atoms with Crippen molar-refractivity contribution in [3.05, 3.63) is 95.6 Å². The molecule has 2 heteroatoms. The van der Waals surface area contributed by atoms with Crippen LogP contribution in [-0.2, 0) is 10.8 Å². The first kappa shape index (κ1) is 24.7. The molecule has 0 amide bonds. The summed E-state index contributed by atoms with van der Waals surface area (Å²) in [5.74, 6) is 0.825. The zero-order chi connectivity index (χ0) is 25.4. The third-order valence-corrected chi connectivity index (χ3v) is 6.52. The van der Waals surface area contributed by atoms with Crippen molar-refractivity contribution in [1.29, 1.82) is 0 Å². The van der Waals surface area contributed by atoms with Crippen LogP contribution in [-0.4, -0.2) is 12.1 Å². The van der Waals surface area contributed by atoms with Crippen LogP contribution in [0.1, 0.15) is 58.2 Å². The maximum Gasteiger partial charge on any atom is 0.128 e. The van der Waals surface area contributed by atoms with E-state index in [0.29, 0.717) is 0 Å². The monoisotopic (exact) mass is 463 g/mol. The molecular formula is C33H37NO. The average molecular weight is 464 g/mol. The van der Waals surface area contributed by atoms with Crippen LogP contribution in [0.2, 0.25) is 0 Å². The topological polar surface area (TPSA) is 22.1 Å². The Morgan fingerprint density at radius 2 is 1.20 bits per heavy atom. The highest BCUT2D eigenvalue weighted by Gasteiger charge is 2.22. The van der Waals surface area contributed by atoms with Crippen LogP contribution >= 0.6 is 0 Å². The number of rotatable bonds is 4. The zero-order valence-electron chi connectivity index (χ0n) is 22.4. The summed E-state index contributed by atoms with van der Waals surface area (Å²) >= 11 is 0. The molecule has 0 N–H and O–H groups in total. The van der Waals surface area contributed by atoms with Crippen LogP contribution < -0.4 is 4.74 Å². The highest BCUT2D eigenvalue weighted by molar-refractivity contribution is 5.79. The Kier molecular flexibility index (Phi) is 6.60. The van der Waals surface area contributed by atoms with Crippen molar-refractivity contribution < 1.29 is 4.74 Å². The Hall–Kier alpha value is -3.39. The first-order chi connectivity index (χ1) is 16.5. The lowest BCUT2D eigenvalue weighted by Crippen LogP contribution is -2.16. The first-order valence-corrected chi connectivity index (χ1v) is 12.3. The van der Waals surface area contributed by atoms with E-state index < -0.39 is 0 Å². The summed E-state index contributed by atoms with van der Waals surface area (Å²) < 4.78 is 5.70. The Balaban J connectivity index is 2.01. The lowest BCUT2D eigenvalue weighted by Gasteiger charge is -2.26. The SMILES string of the molecule is COc1ccccc1-c1cc(-c2cc(C(C)(C)C)cc(C(C)(C)C)c2)cc(-c2cccc(C)c2)n1. The van der Waals surface area contributed by atoms with E-state index in [1.165, 1.54) is 22.3 Å². The van der Waals surface area contributed by atoms with Crippen LogP contribution in [0.3, 0.4) is 0 Å². The molecule has 4 rings (SSSR count). The second-order valence-corrected chi connectivity index (χ2v) is 11.5. The van der Waals surface area contributed by atoms with E-state index in [1.54, 1.807) is 7.11 Å². The minimum Gasteiger partial charge on any atom is -0.496 e. The Morgan fingerprint density at radius 1 is 0.600 bits per heavy atom. The number of methoxy groups -OCH3 is 1. The number of aryl methyl sites for hydroxylation is 1. The number of nitrogens with zero attached hydrogens (tertiary/aromatic N) is 1. The van der Waals surface area contributed by atoms with Gasteiger partial charge in [0, 0.05) is 11.1 Å². The summed E-state index contributed by atoms with van der Waals surface area (Å²) in [4.78, 5) is 5.11. The van der Waals surface area contributed by atoms with Gasteiger partial charge >= 0.3 is 0 Å². The highest BCUT2D eigenvalue weighted by Crippen LogP contribution is 2.38. The predicted octanol–water partition coefficient (Wildman–Crippen LogP) is 8.99. The fourth-order valence-electron chi connectivity index (χ4n) is 4.30. The standard InChI is InChI=1S/C33H37NO/c1-22-12-11-13-23(16-22)29-19-25(20-30(34-29)28-14-9-10-15-31(28)35-8)24-17-26(32(2,3)4)21-27(18-24)33(5,6)7/h9-21H,1-8H3. The van der Waals surface area contributed by atoms with E-state index in [2.05, 4.69) is 109 Å². The second kappa shape index (κ2) is 9.34. The molecule has 0 radical (unpaired) electrons. The summed E-state index contributed by atoms with van der Waals surface area (Å²) in [6.45, 7) is 15.8. The largest absolute Gasteiger partial charge is 0.496 e. The van der Waals surface area contributed by atoms with Gasteiger partial charge in [0.05, 0.1) is 18.5 Å². The summed E-state index contributed by atoms with van der Waals surface area (Å²) in [6, 6.07) is 28.1. The van der Waals surface area contributed by atoms with Gasteiger partial charge in [-0.15, -0.1) is 0 Å². The maximum absolute atomic E-state index is 5.70. The highest BCUT2D eigenvalue weighted by atomic mass is 16.5. The third-order valence-electron chi connectivity index (χ3n) is 6.52. The minimum atomic E-state index is 0.0495. The molecule has 0 saturated carbocycles. The summed E-state index contributed by atoms with van der Waals surface area (Å²) in [5, 5.41) is 0. The summed E-state index contributed by atoms with van der Waals surface area (Å²) in [7, 11) is 1.71. The van der Waals surface area contributed by atoms with E-state index in [1.807, 2.05) is 18.2 Å². The number of hydrogen-bond donors (Lipinski definition) is 0. The molecule has 0 bridgehead atoms. The number of hydrogen-bond acceptors (Lipinski definition) is 2. The lowest BCUT2D eigenvalue weighted by molar-refractivity contribution is 0.416. The molecule has 0 aliphatic heterocycles. The molecule has 2 nitrogen and oxygen atoms in total. The maximum atomic E-state index is 5.70. The van der Waals surface area contributed by atoms with Crippen molar-refractivity contribution >= 4 is 0 Å². The number of ether oxygens (including phenoxy) is 1. The fourth-order valence-corrected chi connectivity index (χ4v) is 4.30. The van der Waals surface area contributed by atoms with Crippen molar-refractivity contribution in [2.75, 3.05) is 7.11 Å². The van der Waals surface area contributed by atoms with Gasteiger partial charge in [-0.25, -0.2) is 4.98 Å². The fraction of sp³-hybridized carbons (Fsp3) is 0.303. The normalized spacial score (nSPS) is 12.0. The molecule has 4 aromatic rings. The molecule has 1 aromatic heterocycles. The van der Waals surface area contributed by atoms with Crippen molar-refractivity contribution in [2.24, 2.45) is 0 Å². The predicted molar refractivity (Wildman–Crippen MR) is 149 cm³/mol. The van der Waals surface area contributed by atoms with Crippen molar-refractivity contribution in [3.63, 3.8) is 0 Å². The van der Waals surface area contributed by atoms with Gasteiger partial charge in [-0.2, -0.15) is 0 Å². The van der Waals surface area contributed by atoms with Crippen molar-refractivity contribution in [3.8, 4) is 39.4 Å². The van der Waals surface area contributed by atoms with Crippen molar-refractivity contribution in [2.45, 2.75) is 59.3 Å². The molecule has 180 valence electrons. The van der Waals surface area contributed by atoms with E-state index >= 15 is 0 Å². The molecule has 0 atom stereocenters. The summed E-state index contributed by atoms with van der Waals surface area (Å²) in [6.07, 6.45) is 0. The van der Waals surface area contributed by atoms with Crippen molar-refractivity contribution in [1.82, 2.24) is 4.98 Å². The molecule has 0 saturated heterocycles. The molecule has 0 unspecified atom stereocenters. The summed E-state index contributed by atoms with van der Waals surface area (Å²) in [5.41, 5.74) is 10.4. The quantitative estimate of drug-likeness (QED) is 0.301. The van der Waals surface area contributed by atoms with E-state index in [9.17, 15) is 0 Å². The Bertz CT molecular complexity index is 1320. The number of benzene rings is 3. The van der Waals surface area contributed by atoms with Crippen LogP contribution in [0.25, 0.3) is 33.6 Å². The molecule has 35 heavy (non-hydrogen) atoms. The molecular weight excluding hydrogens is 426 g/mol. The van der Waals surface area contributed by atoms with Gasteiger partial charge in [0.15, 0.2) is 0 Å². The van der Waals surface area contributed by atoms with Crippen LogP contribution in [0.5, 0.6) is 5.75 Å². The molecule has 0 fully saturated rings. The number of para-hydroxylation sites is 1. The molecule has 3 aromatic carbocycles. The van der Waals surface area contributed by atoms with Gasteiger partial charge in [0.2, 0.25) is 0 Å². The average Bonchev–Trinajstić information content (AvgIpc) is 2.82. The minimum absolute atomic E-state index is 0.0495. The van der Waals surface area contributed by atoms with Crippen LogP contribution in [0.15, 0.2) is 78.9 Å². The molecule has 0 aliphatic rings. The van der Waals surface area contributed by atoms with Gasteiger partial charge < -0.3 is 4.74 Å². The Morgan fingerprint density at radius 3 is 1.80 bits per heavy atom. The van der Waals surface area contributed by atoms with Crippen LogP contribution in [0, 0.1) is 6.92 Å². The Labute approximate surface area is 211 Å². The van der Waals surface area contributed by atoms with Gasteiger partial charge in [0.1, 0.15) is 5.75 Å².